The zero-order chi connectivity index (χ0) is 21.8. The van der Waals surface area contributed by atoms with Gasteiger partial charge >= 0.3 is 0 Å². The van der Waals surface area contributed by atoms with Crippen molar-refractivity contribution in [1.82, 2.24) is 25.1 Å². The maximum absolute atomic E-state index is 6.13. The minimum atomic E-state index is 0. The number of fused-ring (bicyclic) bond motifs is 1. The van der Waals surface area contributed by atoms with Crippen molar-refractivity contribution in [2.75, 3.05) is 33.3 Å². The quantitative estimate of drug-likeness (QED) is 0.286. The summed E-state index contributed by atoms with van der Waals surface area (Å²) in [5, 5.41) is 3.47. The van der Waals surface area contributed by atoms with Gasteiger partial charge in [0.1, 0.15) is 5.82 Å². The number of ether oxygens (including phenoxy) is 1. The molecule has 2 unspecified atom stereocenters. The molecule has 0 aliphatic carbocycles. The van der Waals surface area contributed by atoms with E-state index in [-0.39, 0.29) is 30.1 Å². The number of nitrogens with one attached hydrogen (secondary N) is 2. The first kappa shape index (κ1) is 23.7. The van der Waals surface area contributed by atoms with Crippen molar-refractivity contribution in [2.24, 2.45) is 4.99 Å². The molecule has 3 aromatic rings. The fourth-order valence-electron chi connectivity index (χ4n) is 4.66. The average molecular weight is 558 g/mol. The van der Waals surface area contributed by atoms with E-state index in [1.807, 2.05) is 31.4 Å². The maximum Gasteiger partial charge on any atom is 0.194 e. The first-order chi connectivity index (χ1) is 15.8. The summed E-state index contributed by atoms with van der Waals surface area (Å²) in [4.78, 5) is 17.3. The third-order valence-electron chi connectivity index (χ3n) is 6.28. The highest BCUT2D eigenvalue weighted by Gasteiger charge is 2.41. The fraction of sp³-hybridized carbons (Fsp3) is 0.360. The molecule has 7 nitrogen and oxygen atoms in total. The van der Waals surface area contributed by atoms with Crippen LogP contribution in [0.1, 0.15) is 11.4 Å². The summed E-state index contributed by atoms with van der Waals surface area (Å²) in [7, 11) is 1.84. The first-order valence-corrected chi connectivity index (χ1v) is 11.2. The van der Waals surface area contributed by atoms with Crippen molar-refractivity contribution in [3.05, 3.63) is 78.2 Å². The number of likely N-dealkylation sites (tertiary alicyclic amines) is 1. The highest BCUT2D eigenvalue weighted by atomic mass is 127. The smallest absolute Gasteiger partial charge is 0.194 e. The van der Waals surface area contributed by atoms with Crippen molar-refractivity contribution < 1.29 is 4.74 Å². The number of hydrogen-bond acceptors (Lipinski definition) is 4. The lowest BCUT2D eigenvalue weighted by molar-refractivity contribution is -0.0502. The Morgan fingerprint density at radius 3 is 2.64 bits per heavy atom. The van der Waals surface area contributed by atoms with Gasteiger partial charge in [-0.1, -0.05) is 60.7 Å². The summed E-state index contributed by atoms with van der Waals surface area (Å²) in [5.41, 5.74) is 3.51. The second-order valence-electron chi connectivity index (χ2n) is 8.35. The van der Waals surface area contributed by atoms with E-state index in [4.69, 9.17) is 4.74 Å². The Morgan fingerprint density at radius 2 is 1.88 bits per heavy atom. The van der Waals surface area contributed by atoms with Crippen LogP contribution in [0.3, 0.4) is 0 Å². The molecule has 0 amide bonds. The van der Waals surface area contributed by atoms with Gasteiger partial charge in [-0.2, -0.15) is 0 Å². The van der Waals surface area contributed by atoms with Crippen LogP contribution in [0.4, 0.5) is 0 Å². The summed E-state index contributed by atoms with van der Waals surface area (Å²) in [6.45, 7) is 5.06. The zero-order valence-electron chi connectivity index (χ0n) is 18.9. The second kappa shape index (κ2) is 11.1. The number of hydrogen-bond donors (Lipinski definition) is 2. The van der Waals surface area contributed by atoms with Crippen LogP contribution in [0.2, 0.25) is 0 Å². The number of aromatic nitrogens is 2. The molecule has 0 spiro atoms. The van der Waals surface area contributed by atoms with Crippen molar-refractivity contribution in [2.45, 2.75) is 25.2 Å². The third kappa shape index (κ3) is 5.56. The van der Waals surface area contributed by atoms with Crippen LogP contribution in [-0.4, -0.2) is 71.2 Å². The summed E-state index contributed by atoms with van der Waals surface area (Å²) in [6.07, 6.45) is 2.09. The van der Waals surface area contributed by atoms with E-state index in [0.29, 0.717) is 12.6 Å². The summed E-state index contributed by atoms with van der Waals surface area (Å²) in [6, 6.07) is 21.3. The molecule has 2 saturated heterocycles. The largest absolute Gasteiger partial charge is 0.373 e. The molecule has 8 heteroatoms. The van der Waals surface area contributed by atoms with Crippen LogP contribution in [0.5, 0.6) is 0 Å². The standard InChI is InChI=1S/C25H30N6O.HI/c1-26-25(28-15-24-27-14-21(29-24)20-10-6-3-7-11-20)31-17-22-23(18-31)32-13-12-30(22)16-19-8-4-2-5-9-19;/h2-11,14,22-23H,12-13,15-18H2,1H3,(H,26,28)(H,27,29);1H. The van der Waals surface area contributed by atoms with E-state index in [9.17, 15) is 0 Å². The van der Waals surface area contributed by atoms with Crippen molar-refractivity contribution in [3.63, 3.8) is 0 Å². The number of nitrogens with zero attached hydrogens (tertiary/aromatic N) is 4. The van der Waals surface area contributed by atoms with Gasteiger partial charge in [-0.15, -0.1) is 24.0 Å². The summed E-state index contributed by atoms with van der Waals surface area (Å²) < 4.78 is 6.13. The van der Waals surface area contributed by atoms with Gasteiger partial charge in [-0.05, 0) is 11.1 Å². The van der Waals surface area contributed by atoms with Gasteiger partial charge in [0.15, 0.2) is 5.96 Å². The highest BCUT2D eigenvalue weighted by molar-refractivity contribution is 14.0. The fourth-order valence-corrected chi connectivity index (χ4v) is 4.66. The molecule has 174 valence electrons. The number of benzene rings is 2. The molecule has 5 rings (SSSR count). The summed E-state index contributed by atoms with van der Waals surface area (Å²) >= 11 is 0. The molecule has 2 aromatic carbocycles. The average Bonchev–Trinajstić information content (AvgIpc) is 3.49. The molecular weight excluding hydrogens is 527 g/mol. The molecule has 0 bridgehead atoms. The van der Waals surface area contributed by atoms with Crippen LogP contribution < -0.4 is 5.32 Å². The Kier molecular flexibility index (Phi) is 8.00. The molecule has 3 heterocycles. The van der Waals surface area contributed by atoms with Crippen LogP contribution in [0.25, 0.3) is 11.3 Å². The van der Waals surface area contributed by atoms with Crippen molar-refractivity contribution in [1.29, 1.82) is 0 Å². The highest BCUT2D eigenvalue weighted by Crippen LogP contribution is 2.25. The molecule has 2 N–H and O–H groups in total. The molecule has 0 radical (unpaired) electrons. The van der Waals surface area contributed by atoms with Gasteiger partial charge in [-0.25, -0.2) is 4.98 Å². The minimum Gasteiger partial charge on any atom is -0.373 e. The minimum absolute atomic E-state index is 0. The Hall–Kier alpha value is -2.43. The van der Waals surface area contributed by atoms with Gasteiger partial charge in [0.05, 0.1) is 37.2 Å². The molecular formula is C25H31IN6O. The van der Waals surface area contributed by atoms with Crippen LogP contribution in [-0.2, 0) is 17.8 Å². The van der Waals surface area contributed by atoms with Crippen molar-refractivity contribution >= 4 is 29.9 Å². The number of morpholine rings is 1. The molecule has 0 saturated carbocycles. The number of aromatic amines is 1. The number of guanidine groups is 1. The van der Waals surface area contributed by atoms with E-state index in [0.717, 1.165) is 55.8 Å². The Morgan fingerprint density at radius 1 is 1.12 bits per heavy atom. The zero-order valence-corrected chi connectivity index (χ0v) is 21.2. The van der Waals surface area contributed by atoms with Gasteiger partial charge in [0, 0.05) is 33.2 Å². The summed E-state index contributed by atoms with van der Waals surface area (Å²) in [5.74, 6) is 1.78. The van der Waals surface area contributed by atoms with Gasteiger partial charge in [0.2, 0.25) is 0 Å². The Labute approximate surface area is 212 Å². The van der Waals surface area contributed by atoms with Crippen LogP contribution >= 0.6 is 24.0 Å². The maximum atomic E-state index is 6.13. The SMILES string of the molecule is CN=C(NCc1ncc(-c2ccccc2)[nH]1)N1CC2OCCN(Cc3ccccc3)C2C1.I. The topological polar surface area (TPSA) is 68.8 Å². The molecule has 2 fully saturated rings. The first-order valence-electron chi connectivity index (χ1n) is 11.2. The monoisotopic (exact) mass is 558 g/mol. The predicted molar refractivity (Wildman–Crippen MR) is 142 cm³/mol. The molecule has 33 heavy (non-hydrogen) atoms. The van der Waals surface area contributed by atoms with E-state index in [2.05, 4.69) is 72.5 Å². The third-order valence-corrected chi connectivity index (χ3v) is 6.28. The number of halogens is 1. The lowest BCUT2D eigenvalue weighted by Gasteiger charge is -2.36. The predicted octanol–water partition coefficient (Wildman–Crippen LogP) is 3.36. The lowest BCUT2D eigenvalue weighted by Crippen LogP contribution is -2.50. The van der Waals surface area contributed by atoms with E-state index >= 15 is 0 Å². The number of rotatable bonds is 5. The molecule has 2 atom stereocenters. The van der Waals surface area contributed by atoms with Crippen LogP contribution in [0, 0.1) is 0 Å². The lowest BCUT2D eigenvalue weighted by atomic mass is 10.1. The van der Waals surface area contributed by atoms with Crippen LogP contribution in [0.15, 0.2) is 71.9 Å². The van der Waals surface area contributed by atoms with Gasteiger partial charge in [-0.3, -0.25) is 9.89 Å². The molecule has 2 aliphatic rings. The number of imidazole rings is 1. The number of H-pyrrole nitrogens is 1. The molecule has 2 aliphatic heterocycles. The normalized spacial score (nSPS) is 20.9. The van der Waals surface area contributed by atoms with Gasteiger partial charge in [0.25, 0.3) is 0 Å². The second-order valence-corrected chi connectivity index (χ2v) is 8.35. The van der Waals surface area contributed by atoms with E-state index in [1.165, 1.54) is 5.56 Å². The van der Waals surface area contributed by atoms with Gasteiger partial charge < -0.3 is 19.9 Å². The van der Waals surface area contributed by atoms with E-state index < -0.39 is 0 Å². The molecule has 1 aromatic heterocycles. The van der Waals surface area contributed by atoms with E-state index in [1.54, 1.807) is 0 Å². The van der Waals surface area contributed by atoms with Crippen molar-refractivity contribution in [3.8, 4) is 11.3 Å². The Bertz CT molecular complexity index is 1040. The number of aliphatic imine (C=N–C) groups is 1. The Balaban J connectivity index is 0.00000259.